The van der Waals surface area contributed by atoms with Gasteiger partial charge in [-0.1, -0.05) is 35.5 Å². The van der Waals surface area contributed by atoms with Gasteiger partial charge in [0.2, 0.25) is 5.91 Å². The Morgan fingerprint density at radius 2 is 1.93 bits per heavy atom. The molecule has 0 fully saturated rings. The first-order chi connectivity index (χ1) is 13.0. The molecule has 1 N–H and O–H groups in total. The van der Waals surface area contributed by atoms with Crippen molar-refractivity contribution in [2.75, 3.05) is 5.32 Å². The third-order valence-electron chi connectivity index (χ3n) is 4.00. The number of nitriles is 1. The zero-order valence-electron chi connectivity index (χ0n) is 15.3. The largest absolute Gasteiger partial charge is 0.325 e. The van der Waals surface area contributed by atoms with E-state index in [1.54, 1.807) is 24.3 Å². The molecule has 7 heteroatoms. The number of nitrogens with one attached hydrogen (secondary N) is 1. The van der Waals surface area contributed by atoms with Gasteiger partial charge in [0.25, 0.3) is 0 Å². The van der Waals surface area contributed by atoms with Crippen LogP contribution in [0.15, 0.2) is 53.7 Å². The fraction of sp³-hybridized carbons (Fsp3) is 0.200. The number of rotatable bonds is 5. The molecule has 1 heterocycles. The van der Waals surface area contributed by atoms with Gasteiger partial charge in [-0.05, 0) is 51.1 Å². The second-order valence-electron chi connectivity index (χ2n) is 6.14. The van der Waals surface area contributed by atoms with Crippen molar-refractivity contribution >= 4 is 23.4 Å². The summed E-state index contributed by atoms with van der Waals surface area (Å²) < 4.78 is 1.93. The highest BCUT2D eigenvalue weighted by Crippen LogP contribution is 2.26. The van der Waals surface area contributed by atoms with Gasteiger partial charge in [-0.2, -0.15) is 5.26 Å². The third kappa shape index (κ3) is 4.36. The Morgan fingerprint density at radius 1 is 1.19 bits per heavy atom. The number of hydrogen-bond acceptors (Lipinski definition) is 5. The molecule has 3 rings (SSSR count). The van der Waals surface area contributed by atoms with Gasteiger partial charge in [-0.15, -0.1) is 10.2 Å². The molecule has 0 bridgehead atoms. The second-order valence-corrected chi connectivity index (χ2v) is 7.45. The maximum absolute atomic E-state index is 12.5. The van der Waals surface area contributed by atoms with Crippen molar-refractivity contribution in [1.82, 2.24) is 14.8 Å². The number of carbonyl (C=O) groups excluding carboxylic acids is 1. The number of anilines is 1. The third-order valence-corrected chi connectivity index (χ3v) is 5.04. The van der Waals surface area contributed by atoms with E-state index < -0.39 is 0 Å². The molecule has 0 saturated carbocycles. The predicted molar refractivity (Wildman–Crippen MR) is 106 cm³/mol. The fourth-order valence-corrected chi connectivity index (χ4v) is 3.45. The van der Waals surface area contributed by atoms with Crippen molar-refractivity contribution in [3.8, 4) is 11.8 Å². The average Bonchev–Trinajstić information content (AvgIpc) is 3.02. The summed E-state index contributed by atoms with van der Waals surface area (Å²) >= 11 is 1.34. The van der Waals surface area contributed by atoms with Crippen LogP contribution in [0.25, 0.3) is 5.69 Å². The number of benzene rings is 2. The lowest BCUT2D eigenvalue weighted by molar-refractivity contribution is -0.115. The molecule has 0 aliphatic heterocycles. The standard InChI is InChI=1S/C20H19N5OS/c1-13-7-9-18(10-8-13)25-15(3)23-24-20(25)27-14(2)19(26)22-17-6-4-5-16(11-17)12-21/h4-11,14H,1-3H3,(H,22,26)/t14-/m1/s1. The Hall–Kier alpha value is -3.11. The van der Waals surface area contributed by atoms with E-state index in [0.29, 0.717) is 16.4 Å². The lowest BCUT2D eigenvalue weighted by Crippen LogP contribution is -2.23. The van der Waals surface area contributed by atoms with E-state index in [-0.39, 0.29) is 11.2 Å². The van der Waals surface area contributed by atoms with E-state index in [1.165, 1.54) is 17.3 Å². The highest BCUT2D eigenvalue weighted by molar-refractivity contribution is 8.00. The molecular weight excluding hydrogens is 358 g/mol. The van der Waals surface area contributed by atoms with E-state index >= 15 is 0 Å². The number of hydrogen-bond donors (Lipinski definition) is 1. The van der Waals surface area contributed by atoms with Crippen molar-refractivity contribution in [2.45, 2.75) is 31.2 Å². The molecule has 0 saturated heterocycles. The Balaban J connectivity index is 1.76. The molecule has 0 aliphatic carbocycles. The summed E-state index contributed by atoms with van der Waals surface area (Å²) in [6.07, 6.45) is 0. The normalized spacial score (nSPS) is 11.6. The Kier molecular flexibility index (Phi) is 5.57. The summed E-state index contributed by atoms with van der Waals surface area (Å²) in [4.78, 5) is 12.5. The lowest BCUT2D eigenvalue weighted by atomic mass is 10.2. The Morgan fingerprint density at radius 3 is 2.63 bits per heavy atom. The number of nitrogens with zero attached hydrogens (tertiary/aromatic N) is 4. The van der Waals surface area contributed by atoms with Gasteiger partial charge in [0.1, 0.15) is 5.82 Å². The molecule has 6 nitrogen and oxygen atoms in total. The second kappa shape index (κ2) is 8.06. The summed E-state index contributed by atoms with van der Waals surface area (Å²) in [6, 6.07) is 17.0. The number of aryl methyl sites for hydroxylation is 2. The van der Waals surface area contributed by atoms with Crippen LogP contribution in [0.2, 0.25) is 0 Å². The summed E-state index contributed by atoms with van der Waals surface area (Å²) in [5, 5.41) is 20.5. The molecule has 0 radical (unpaired) electrons. The van der Waals surface area contributed by atoms with Gasteiger partial charge >= 0.3 is 0 Å². The van der Waals surface area contributed by atoms with E-state index in [9.17, 15) is 4.79 Å². The number of carbonyl (C=O) groups is 1. The Bertz CT molecular complexity index is 1000. The quantitative estimate of drug-likeness (QED) is 0.682. The SMILES string of the molecule is Cc1ccc(-n2c(C)nnc2S[C@H](C)C(=O)Nc2cccc(C#N)c2)cc1. The molecule has 3 aromatic rings. The number of aromatic nitrogens is 3. The maximum Gasteiger partial charge on any atom is 0.237 e. The number of amides is 1. The van der Waals surface area contributed by atoms with Crippen molar-refractivity contribution in [3.05, 3.63) is 65.5 Å². The highest BCUT2D eigenvalue weighted by atomic mass is 32.2. The summed E-state index contributed by atoms with van der Waals surface area (Å²) in [6.45, 7) is 5.73. The molecule has 0 aliphatic rings. The van der Waals surface area contributed by atoms with Crippen LogP contribution in [0.5, 0.6) is 0 Å². The molecule has 0 spiro atoms. The minimum absolute atomic E-state index is 0.161. The van der Waals surface area contributed by atoms with Crippen LogP contribution >= 0.6 is 11.8 Å². The van der Waals surface area contributed by atoms with Crippen LogP contribution in [0.1, 0.15) is 23.9 Å². The molecule has 27 heavy (non-hydrogen) atoms. The topological polar surface area (TPSA) is 83.6 Å². The van der Waals surface area contributed by atoms with Crippen molar-refractivity contribution in [3.63, 3.8) is 0 Å². The van der Waals surface area contributed by atoms with Crippen molar-refractivity contribution < 1.29 is 4.79 Å². The van der Waals surface area contributed by atoms with Crippen LogP contribution in [-0.4, -0.2) is 25.9 Å². The monoisotopic (exact) mass is 377 g/mol. The summed E-state index contributed by atoms with van der Waals surface area (Å²) in [5.74, 6) is 0.599. The molecule has 0 unspecified atom stereocenters. The van der Waals surface area contributed by atoms with Crippen LogP contribution in [-0.2, 0) is 4.79 Å². The smallest absolute Gasteiger partial charge is 0.237 e. The molecule has 1 amide bonds. The van der Waals surface area contributed by atoms with Gasteiger partial charge in [0.15, 0.2) is 5.16 Å². The molecule has 2 aromatic carbocycles. The first-order valence-electron chi connectivity index (χ1n) is 8.44. The molecule has 1 atom stereocenters. The van der Waals surface area contributed by atoms with Crippen LogP contribution in [0.3, 0.4) is 0 Å². The van der Waals surface area contributed by atoms with Crippen LogP contribution in [0.4, 0.5) is 5.69 Å². The van der Waals surface area contributed by atoms with E-state index in [2.05, 4.69) is 21.6 Å². The lowest BCUT2D eigenvalue weighted by Gasteiger charge is -2.13. The van der Waals surface area contributed by atoms with Crippen molar-refractivity contribution in [2.24, 2.45) is 0 Å². The first-order valence-corrected chi connectivity index (χ1v) is 9.32. The van der Waals surface area contributed by atoms with Gasteiger partial charge in [0, 0.05) is 11.4 Å². The Labute approximate surface area is 162 Å². The fourth-order valence-electron chi connectivity index (χ4n) is 2.53. The number of thioether (sulfide) groups is 1. The summed E-state index contributed by atoms with van der Waals surface area (Å²) in [7, 11) is 0. The zero-order chi connectivity index (χ0) is 19.4. The van der Waals surface area contributed by atoms with Gasteiger partial charge < -0.3 is 5.32 Å². The molecular formula is C20H19N5OS. The first kappa shape index (κ1) is 18.7. The van der Waals surface area contributed by atoms with Gasteiger partial charge in [-0.25, -0.2) is 0 Å². The minimum Gasteiger partial charge on any atom is -0.325 e. The van der Waals surface area contributed by atoms with Crippen molar-refractivity contribution in [1.29, 1.82) is 5.26 Å². The van der Waals surface area contributed by atoms with E-state index in [0.717, 1.165) is 11.5 Å². The molecule has 1 aromatic heterocycles. The van der Waals surface area contributed by atoms with E-state index in [4.69, 9.17) is 5.26 Å². The maximum atomic E-state index is 12.5. The zero-order valence-corrected chi connectivity index (χ0v) is 16.1. The van der Waals surface area contributed by atoms with Gasteiger partial charge in [0.05, 0.1) is 16.9 Å². The predicted octanol–water partition coefficient (Wildman–Crippen LogP) is 3.88. The van der Waals surface area contributed by atoms with Crippen LogP contribution in [0, 0.1) is 25.2 Å². The van der Waals surface area contributed by atoms with Crippen LogP contribution < -0.4 is 5.32 Å². The molecule has 136 valence electrons. The average molecular weight is 377 g/mol. The summed E-state index contributed by atoms with van der Waals surface area (Å²) in [5.41, 5.74) is 3.23. The van der Waals surface area contributed by atoms with E-state index in [1.807, 2.05) is 49.6 Å². The highest BCUT2D eigenvalue weighted by Gasteiger charge is 2.20. The van der Waals surface area contributed by atoms with Gasteiger partial charge in [-0.3, -0.25) is 9.36 Å². The minimum atomic E-state index is -0.386.